The second kappa shape index (κ2) is 17.6. The van der Waals surface area contributed by atoms with Crippen molar-refractivity contribution in [2.75, 3.05) is 34.4 Å². The van der Waals surface area contributed by atoms with Gasteiger partial charge in [0.2, 0.25) is 0 Å². The maximum atomic E-state index is 13.3. The van der Waals surface area contributed by atoms with Crippen LogP contribution in [0.5, 0.6) is 0 Å². The van der Waals surface area contributed by atoms with Crippen molar-refractivity contribution >= 4 is 80.8 Å². The molecule has 0 saturated carbocycles. The number of amides is 6. The quantitative estimate of drug-likeness (QED) is 0.0508. The van der Waals surface area contributed by atoms with Crippen molar-refractivity contribution in [1.29, 1.82) is 10.8 Å². The molecule has 21 heteroatoms. The van der Waals surface area contributed by atoms with E-state index in [1.165, 1.54) is 24.3 Å². The number of hydrogen-bond acceptors (Lipinski definition) is 8. The summed E-state index contributed by atoms with van der Waals surface area (Å²) in [6.45, 7) is 0.402. The van der Waals surface area contributed by atoms with Gasteiger partial charge in [-0.2, -0.15) is 0 Å². The lowest BCUT2D eigenvalue weighted by molar-refractivity contribution is 0.0938. The highest BCUT2D eigenvalue weighted by Crippen LogP contribution is 2.23. The van der Waals surface area contributed by atoms with Crippen LogP contribution in [-0.2, 0) is 28.2 Å². The van der Waals surface area contributed by atoms with Gasteiger partial charge in [0.25, 0.3) is 35.4 Å². The largest absolute Gasteiger partial charge is 0.388 e. The number of hydrogen-bond donors (Lipinski definition) is 11. The average Bonchev–Trinajstić information content (AvgIpc) is 4.02. The van der Waals surface area contributed by atoms with Crippen LogP contribution in [0.1, 0.15) is 75.6 Å². The van der Waals surface area contributed by atoms with E-state index >= 15 is 0 Å². The zero-order chi connectivity index (χ0) is 44.1. The number of aromatic nitrogens is 5. The van der Waals surface area contributed by atoms with Crippen LogP contribution in [0.15, 0.2) is 73.3 Å². The van der Waals surface area contributed by atoms with E-state index in [0.29, 0.717) is 50.6 Å². The lowest BCUT2D eigenvalue weighted by atomic mass is 10.1. The molecular formula is C40H45N15O6. The molecule has 0 aliphatic heterocycles. The van der Waals surface area contributed by atoms with Gasteiger partial charge in [-0.25, -0.2) is 0 Å². The minimum atomic E-state index is -0.488. The summed E-state index contributed by atoms with van der Waals surface area (Å²) < 4.78 is 6.21. The molecule has 316 valence electrons. The Kier molecular flexibility index (Phi) is 12.2. The third-order valence-corrected chi connectivity index (χ3v) is 9.47. The van der Waals surface area contributed by atoms with Crippen LogP contribution in [0.2, 0.25) is 0 Å². The molecular weight excluding hydrogens is 787 g/mol. The number of aromatic amines is 1. The number of nitrogens with two attached hydrogens (primary N) is 2. The van der Waals surface area contributed by atoms with Crippen LogP contribution in [0, 0.1) is 10.8 Å². The van der Waals surface area contributed by atoms with Crippen molar-refractivity contribution in [3.05, 3.63) is 107 Å². The van der Waals surface area contributed by atoms with Crippen LogP contribution in [0.3, 0.4) is 0 Å². The molecule has 0 fully saturated rings. The predicted molar refractivity (Wildman–Crippen MR) is 229 cm³/mol. The maximum absolute atomic E-state index is 13.3. The van der Waals surface area contributed by atoms with E-state index in [9.17, 15) is 28.8 Å². The highest BCUT2D eigenvalue weighted by Gasteiger charge is 2.20. The van der Waals surface area contributed by atoms with Crippen LogP contribution >= 0.6 is 0 Å². The highest BCUT2D eigenvalue weighted by molar-refractivity contribution is 6.11. The van der Waals surface area contributed by atoms with Gasteiger partial charge in [0.15, 0.2) is 0 Å². The standard InChI is InChI=1S/C40H45N15O6/c1-52-19-25(13-29(52)37(58)45-9-7-33(41)42)49-39(60)31-15-23(17-54(31)3)47-35(56)21-5-6-27-22(11-21)12-28(51-27)36(57)48-24-16-32(55(4)18-24)40(61)50-26-14-30(53(2)20-26)38(59)46-10-8-34(43)44/h5-6,11-20,51H,7-10H2,1-4H3,(H3,41,42)(H3,43,44)(H,45,58)(H,46,59)(H,47,56)(H,48,57)(H,49,60)(H,50,61). The molecule has 0 radical (unpaired) electrons. The average molecular weight is 832 g/mol. The van der Waals surface area contributed by atoms with E-state index in [0.717, 1.165) is 0 Å². The van der Waals surface area contributed by atoms with E-state index in [2.05, 4.69) is 36.9 Å². The van der Waals surface area contributed by atoms with E-state index in [1.807, 2.05) is 0 Å². The summed E-state index contributed by atoms with van der Waals surface area (Å²) in [6, 6.07) is 12.5. The highest BCUT2D eigenvalue weighted by atomic mass is 16.2. The maximum Gasteiger partial charge on any atom is 0.272 e. The number of anilines is 4. The third-order valence-electron chi connectivity index (χ3n) is 9.47. The SMILES string of the molecule is Cn1cc(NC(=O)c2cc(NC(=O)c3ccc4[nH]c(C(=O)Nc5cc(C(=O)Nc6cc(C(=O)NCCC(=N)N)n(C)c6)n(C)c5)cc4c3)cn2C)cc1C(=O)NCCC(=N)N. The van der Waals surface area contributed by atoms with Crippen molar-refractivity contribution in [3.63, 3.8) is 0 Å². The van der Waals surface area contributed by atoms with Gasteiger partial charge in [-0.1, -0.05) is 0 Å². The van der Waals surface area contributed by atoms with Gasteiger partial charge < -0.3 is 66.6 Å². The Morgan fingerprint density at radius 3 is 1.31 bits per heavy atom. The van der Waals surface area contributed by atoms with E-state index < -0.39 is 23.6 Å². The second-order valence-corrected chi connectivity index (χ2v) is 14.3. The third kappa shape index (κ3) is 10.0. The second-order valence-electron chi connectivity index (χ2n) is 14.3. The normalized spacial score (nSPS) is 10.9. The molecule has 1 aromatic carbocycles. The molecule has 6 amide bonds. The molecule has 5 heterocycles. The van der Waals surface area contributed by atoms with Gasteiger partial charge in [0.05, 0.1) is 34.4 Å². The van der Waals surface area contributed by atoms with Crippen molar-refractivity contribution in [2.24, 2.45) is 39.7 Å². The molecule has 0 aliphatic carbocycles. The predicted octanol–water partition coefficient (Wildman–Crippen LogP) is 2.64. The molecule has 61 heavy (non-hydrogen) atoms. The molecule has 21 nitrogen and oxygen atoms in total. The molecule has 5 aromatic heterocycles. The summed E-state index contributed by atoms with van der Waals surface area (Å²) in [5.41, 5.74) is 14.3. The molecule has 6 rings (SSSR count). The topological polar surface area (TPSA) is 310 Å². The van der Waals surface area contributed by atoms with Gasteiger partial charge in [-0.15, -0.1) is 0 Å². The fourth-order valence-electron chi connectivity index (χ4n) is 6.43. The zero-order valence-electron chi connectivity index (χ0n) is 33.6. The number of nitrogens with zero attached hydrogens (tertiary/aromatic N) is 4. The van der Waals surface area contributed by atoms with Crippen molar-refractivity contribution in [2.45, 2.75) is 12.8 Å². The summed E-state index contributed by atoms with van der Waals surface area (Å²) in [6.07, 6.45) is 6.76. The van der Waals surface area contributed by atoms with Crippen LogP contribution in [-0.4, -0.2) is 83.5 Å². The lowest BCUT2D eigenvalue weighted by Gasteiger charge is -2.04. The number of benzene rings is 1. The Hall–Kier alpha value is -8.36. The minimum absolute atomic E-state index is 0.0434. The van der Waals surface area contributed by atoms with Gasteiger partial charge >= 0.3 is 0 Å². The summed E-state index contributed by atoms with van der Waals surface area (Å²) in [5.74, 6) is -2.75. The molecule has 0 unspecified atom stereocenters. The number of H-pyrrole nitrogens is 1. The number of fused-ring (bicyclic) bond motifs is 1. The molecule has 0 saturated heterocycles. The first kappa shape index (κ1) is 42.3. The van der Waals surface area contributed by atoms with E-state index in [1.54, 1.807) is 95.5 Å². The monoisotopic (exact) mass is 831 g/mol. The van der Waals surface area contributed by atoms with Crippen molar-refractivity contribution < 1.29 is 28.8 Å². The summed E-state index contributed by atoms with van der Waals surface area (Å²) >= 11 is 0. The first-order valence-electron chi connectivity index (χ1n) is 18.7. The summed E-state index contributed by atoms with van der Waals surface area (Å²) in [7, 11) is 6.62. The number of carbonyl (C=O) groups is 6. The molecule has 0 atom stereocenters. The van der Waals surface area contributed by atoms with Crippen LogP contribution in [0.25, 0.3) is 10.9 Å². The molecule has 6 aromatic rings. The van der Waals surface area contributed by atoms with E-state index in [-0.39, 0.29) is 66.5 Å². The Balaban J connectivity index is 1.05. The Bertz CT molecular complexity index is 2600. The summed E-state index contributed by atoms with van der Waals surface area (Å²) in [4.78, 5) is 81.1. The van der Waals surface area contributed by atoms with Crippen LogP contribution < -0.4 is 43.4 Å². The molecule has 0 spiro atoms. The Morgan fingerprint density at radius 1 is 0.525 bits per heavy atom. The Labute approximate surface area is 347 Å². The number of amidine groups is 2. The first-order chi connectivity index (χ1) is 28.9. The van der Waals surface area contributed by atoms with E-state index in [4.69, 9.17) is 22.3 Å². The first-order valence-corrected chi connectivity index (χ1v) is 18.7. The van der Waals surface area contributed by atoms with Gasteiger partial charge in [0, 0.05) is 95.4 Å². The lowest BCUT2D eigenvalue weighted by Crippen LogP contribution is -2.28. The van der Waals surface area contributed by atoms with Gasteiger partial charge in [-0.3, -0.25) is 39.6 Å². The fourth-order valence-corrected chi connectivity index (χ4v) is 6.43. The van der Waals surface area contributed by atoms with Crippen molar-refractivity contribution in [1.82, 2.24) is 33.9 Å². The summed E-state index contributed by atoms with van der Waals surface area (Å²) in [5, 5.41) is 31.6. The minimum Gasteiger partial charge on any atom is -0.388 e. The van der Waals surface area contributed by atoms with Crippen molar-refractivity contribution in [3.8, 4) is 0 Å². The molecule has 13 N–H and O–H groups in total. The number of aryl methyl sites for hydroxylation is 4. The van der Waals surface area contributed by atoms with Gasteiger partial charge in [0.1, 0.15) is 28.5 Å². The smallest absolute Gasteiger partial charge is 0.272 e. The number of nitrogens with one attached hydrogen (secondary N) is 9. The zero-order valence-corrected chi connectivity index (χ0v) is 33.6. The Morgan fingerprint density at radius 2 is 0.902 bits per heavy atom. The van der Waals surface area contributed by atoms with Gasteiger partial charge in [-0.05, 0) is 48.5 Å². The fraction of sp³-hybridized carbons (Fsp3) is 0.200. The number of rotatable bonds is 16. The molecule has 0 bridgehead atoms. The van der Waals surface area contributed by atoms with Crippen LogP contribution in [0.4, 0.5) is 22.7 Å². The molecule has 0 aliphatic rings. The number of carbonyl (C=O) groups excluding carboxylic acids is 6.